The van der Waals surface area contributed by atoms with Crippen LogP contribution in [0.3, 0.4) is 0 Å². The lowest BCUT2D eigenvalue weighted by Crippen LogP contribution is -2.38. The van der Waals surface area contributed by atoms with E-state index >= 15 is 0 Å². The van der Waals surface area contributed by atoms with Gasteiger partial charge in [0.25, 0.3) is 0 Å². The van der Waals surface area contributed by atoms with Crippen molar-refractivity contribution >= 4 is 23.2 Å². The van der Waals surface area contributed by atoms with E-state index < -0.39 is 11.8 Å². The normalized spacial score (nSPS) is 10.2. The van der Waals surface area contributed by atoms with Gasteiger partial charge in [-0.3, -0.25) is 9.59 Å². The molecule has 110 valence electrons. The highest BCUT2D eigenvalue weighted by Gasteiger charge is 2.13. The molecular weight excluding hydrogens is 256 g/mol. The largest absolute Gasteiger partial charge is 0.378 e. The molecule has 0 heterocycles. The Balaban J connectivity index is 2.53. The van der Waals surface area contributed by atoms with Gasteiger partial charge in [0.05, 0.1) is 0 Å². The molecule has 6 heteroatoms. The molecular formula is C14H22N4O2. The summed E-state index contributed by atoms with van der Waals surface area (Å²) in [5.74, 6) is -1.28. The number of hydrogen-bond donors (Lipinski definition) is 2. The van der Waals surface area contributed by atoms with E-state index in [1.807, 2.05) is 56.2 Å². The number of carbonyl (C=O) groups excluding carboxylic acids is 2. The molecule has 0 fully saturated rings. The smallest absolute Gasteiger partial charge is 0.313 e. The zero-order valence-electron chi connectivity index (χ0n) is 12.4. The molecule has 2 amide bonds. The van der Waals surface area contributed by atoms with Crippen molar-refractivity contribution in [2.24, 2.45) is 0 Å². The standard InChI is InChI=1S/C14H22N4O2/c1-17(2)9-8-15-13(19)14(20)16-11-6-5-7-12(10-11)18(3)4/h5-7,10H,8-9H2,1-4H3,(H,15,19)(H,16,20). The number of hydrogen-bond acceptors (Lipinski definition) is 4. The minimum Gasteiger partial charge on any atom is -0.378 e. The fraction of sp³-hybridized carbons (Fsp3) is 0.429. The van der Waals surface area contributed by atoms with Crippen LogP contribution in [-0.2, 0) is 9.59 Å². The number of amides is 2. The minimum absolute atomic E-state index is 0.441. The van der Waals surface area contributed by atoms with Crippen molar-refractivity contribution in [1.29, 1.82) is 0 Å². The van der Waals surface area contributed by atoms with Crippen LogP contribution in [0.2, 0.25) is 0 Å². The topological polar surface area (TPSA) is 64.7 Å². The first kappa shape index (κ1) is 16.0. The predicted molar refractivity (Wildman–Crippen MR) is 81.0 cm³/mol. The third kappa shape index (κ3) is 5.27. The first-order valence-corrected chi connectivity index (χ1v) is 6.41. The van der Waals surface area contributed by atoms with E-state index in [-0.39, 0.29) is 0 Å². The van der Waals surface area contributed by atoms with Gasteiger partial charge in [-0.25, -0.2) is 0 Å². The van der Waals surface area contributed by atoms with Gasteiger partial charge in [0.2, 0.25) is 0 Å². The van der Waals surface area contributed by atoms with E-state index in [0.717, 1.165) is 5.69 Å². The Morgan fingerprint density at radius 2 is 1.80 bits per heavy atom. The predicted octanol–water partition coefficient (Wildman–Crippen LogP) is 0.369. The number of nitrogens with zero attached hydrogens (tertiary/aromatic N) is 2. The molecule has 0 saturated carbocycles. The van der Waals surface area contributed by atoms with Crippen molar-refractivity contribution < 1.29 is 9.59 Å². The van der Waals surface area contributed by atoms with Gasteiger partial charge in [-0.15, -0.1) is 0 Å². The van der Waals surface area contributed by atoms with Gasteiger partial charge >= 0.3 is 11.8 Å². The fourth-order valence-corrected chi connectivity index (χ4v) is 1.52. The average Bonchev–Trinajstić information content (AvgIpc) is 2.38. The Bertz CT molecular complexity index is 472. The number of nitrogens with one attached hydrogen (secondary N) is 2. The summed E-state index contributed by atoms with van der Waals surface area (Å²) in [6.45, 7) is 1.13. The van der Waals surface area contributed by atoms with Gasteiger partial charge in [-0.05, 0) is 32.3 Å². The minimum atomic E-state index is -0.653. The lowest BCUT2D eigenvalue weighted by molar-refractivity contribution is -0.136. The van der Waals surface area contributed by atoms with Gasteiger partial charge in [0, 0.05) is 38.6 Å². The van der Waals surface area contributed by atoms with Gasteiger partial charge in [0.1, 0.15) is 0 Å². The third-order valence-electron chi connectivity index (χ3n) is 2.67. The quantitative estimate of drug-likeness (QED) is 0.764. The number of carbonyl (C=O) groups is 2. The molecule has 0 aromatic heterocycles. The van der Waals surface area contributed by atoms with Crippen LogP contribution in [0, 0.1) is 0 Å². The average molecular weight is 278 g/mol. The molecule has 0 unspecified atom stereocenters. The second-order valence-corrected chi connectivity index (χ2v) is 4.96. The number of likely N-dealkylation sites (N-methyl/N-ethyl adjacent to an activating group) is 1. The molecule has 1 aromatic rings. The highest BCUT2D eigenvalue weighted by atomic mass is 16.2. The van der Waals surface area contributed by atoms with Gasteiger partial charge in [-0.2, -0.15) is 0 Å². The van der Waals surface area contributed by atoms with E-state index in [1.54, 1.807) is 6.07 Å². The van der Waals surface area contributed by atoms with E-state index in [0.29, 0.717) is 18.8 Å². The van der Waals surface area contributed by atoms with Gasteiger partial charge in [0.15, 0.2) is 0 Å². The summed E-state index contributed by atoms with van der Waals surface area (Å²) in [6.07, 6.45) is 0. The van der Waals surface area contributed by atoms with Crippen LogP contribution in [0.15, 0.2) is 24.3 Å². The molecule has 20 heavy (non-hydrogen) atoms. The van der Waals surface area contributed by atoms with Crippen LogP contribution >= 0.6 is 0 Å². The molecule has 0 spiro atoms. The van der Waals surface area contributed by atoms with Crippen LogP contribution in [-0.4, -0.2) is 58.0 Å². The fourth-order valence-electron chi connectivity index (χ4n) is 1.52. The van der Waals surface area contributed by atoms with Crippen molar-refractivity contribution in [3.63, 3.8) is 0 Å². The maximum atomic E-state index is 11.7. The van der Waals surface area contributed by atoms with Crippen LogP contribution in [0.25, 0.3) is 0 Å². The number of benzene rings is 1. The Morgan fingerprint density at radius 3 is 2.40 bits per heavy atom. The SMILES string of the molecule is CN(C)CCNC(=O)C(=O)Nc1cccc(N(C)C)c1. The maximum Gasteiger partial charge on any atom is 0.313 e. The molecule has 0 aliphatic carbocycles. The van der Waals surface area contributed by atoms with Gasteiger partial charge in [-0.1, -0.05) is 6.07 Å². The van der Waals surface area contributed by atoms with Crippen molar-refractivity contribution in [2.75, 3.05) is 51.5 Å². The zero-order chi connectivity index (χ0) is 15.1. The third-order valence-corrected chi connectivity index (χ3v) is 2.67. The summed E-state index contributed by atoms with van der Waals surface area (Å²) >= 11 is 0. The van der Waals surface area contributed by atoms with Crippen LogP contribution in [0.4, 0.5) is 11.4 Å². The Kier molecular flexibility index (Phi) is 5.99. The van der Waals surface area contributed by atoms with Crippen LogP contribution in [0.5, 0.6) is 0 Å². The number of anilines is 2. The summed E-state index contributed by atoms with van der Waals surface area (Å²) in [5, 5.41) is 5.15. The first-order valence-electron chi connectivity index (χ1n) is 6.41. The highest BCUT2D eigenvalue weighted by Crippen LogP contribution is 2.16. The highest BCUT2D eigenvalue weighted by molar-refractivity contribution is 6.39. The molecule has 2 N–H and O–H groups in total. The molecule has 1 rings (SSSR count). The second-order valence-electron chi connectivity index (χ2n) is 4.96. The number of rotatable bonds is 5. The zero-order valence-corrected chi connectivity index (χ0v) is 12.4. The summed E-state index contributed by atoms with van der Waals surface area (Å²) in [7, 11) is 7.63. The molecule has 0 radical (unpaired) electrons. The monoisotopic (exact) mass is 278 g/mol. The molecule has 0 aliphatic heterocycles. The summed E-state index contributed by atoms with van der Waals surface area (Å²) in [6, 6.07) is 7.31. The lowest BCUT2D eigenvalue weighted by Gasteiger charge is -2.14. The lowest BCUT2D eigenvalue weighted by atomic mass is 10.2. The molecule has 6 nitrogen and oxygen atoms in total. The Morgan fingerprint density at radius 1 is 1.10 bits per heavy atom. The van der Waals surface area contributed by atoms with Crippen LogP contribution < -0.4 is 15.5 Å². The van der Waals surface area contributed by atoms with Gasteiger partial charge < -0.3 is 20.4 Å². The molecule has 0 saturated heterocycles. The van der Waals surface area contributed by atoms with Crippen molar-refractivity contribution in [3.8, 4) is 0 Å². The van der Waals surface area contributed by atoms with Crippen molar-refractivity contribution in [3.05, 3.63) is 24.3 Å². The summed E-state index contributed by atoms with van der Waals surface area (Å²) in [5.41, 5.74) is 1.56. The van der Waals surface area contributed by atoms with Crippen molar-refractivity contribution in [1.82, 2.24) is 10.2 Å². The summed E-state index contributed by atoms with van der Waals surface area (Å²) < 4.78 is 0. The van der Waals surface area contributed by atoms with E-state index in [9.17, 15) is 9.59 Å². The molecule has 0 bridgehead atoms. The van der Waals surface area contributed by atoms with E-state index in [4.69, 9.17) is 0 Å². The first-order chi connectivity index (χ1) is 9.40. The molecule has 1 aromatic carbocycles. The second kappa shape index (κ2) is 7.49. The molecule has 0 aliphatic rings. The molecule has 0 atom stereocenters. The van der Waals surface area contributed by atoms with Crippen molar-refractivity contribution in [2.45, 2.75) is 0 Å². The summed E-state index contributed by atoms with van der Waals surface area (Å²) in [4.78, 5) is 27.2. The van der Waals surface area contributed by atoms with E-state index in [2.05, 4.69) is 10.6 Å². The Hall–Kier alpha value is -2.08. The maximum absolute atomic E-state index is 11.7. The van der Waals surface area contributed by atoms with E-state index in [1.165, 1.54) is 0 Å². The van der Waals surface area contributed by atoms with Crippen LogP contribution in [0.1, 0.15) is 0 Å². The Labute approximate surface area is 119 Å².